The number of aromatic amines is 1. The molecular formula is C21H29Br2N3. The van der Waals surface area contributed by atoms with Crippen LogP contribution in [0.1, 0.15) is 17.5 Å². The molecule has 3 nitrogen and oxygen atoms in total. The highest BCUT2D eigenvalue weighted by molar-refractivity contribution is 5.83. The standard InChI is InChI=1S/C21H29N3.2BrH/c1-24(2,3)16-6-13-23-14-11-18(12-15-23)9-10-19-17-22-21-8-5-4-7-20(19)21;;/h4-5,7-8,11-12,14-15,17,22H,6,9-10,13,16H2,1-3H3;2*1H/q+2;;/p-2. The van der Waals surface area contributed by atoms with Crippen LogP contribution >= 0.6 is 0 Å². The predicted octanol–water partition coefficient (Wildman–Crippen LogP) is -2.66. The lowest BCUT2D eigenvalue weighted by Gasteiger charge is -2.22. The molecule has 0 saturated heterocycles. The first kappa shape index (κ1) is 22.9. The number of nitrogens with zero attached hydrogens (tertiary/aromatic N) is 2. The number of aromatic nitrogens is 2. The number of benzene rings is 1. The summed E-state index contributed by atoms with van der Waals surface area (Å²) in [7, 11) is 6.75. The van der Waals surface area contributed by atoms with Crippen molar-refractivity contribution in [3.8, 4) is 0 Å². The summed E-state index contributed by atoms with van der Waals surface area (Å²) in [6, 6.07) is 13.1. The van der Waals surface area contributed by atoms with Crippen LogP contribution in [0.2, 0.25) is 0 Å². The number of halogens is 2. The lowest BCUT2D eigenvalue weighted by atomic mass is 10.0. The highest BCUT2D eigenvalue weighted by atomic mass is 79.9. The van der Waals surface area contributed by atoms with E-state index in [9.17, 15) is 0 Å². The topological polar surface area (TPSA) is 19.7 Å². The van der Waals surface area contributed by atoms with Crippen molar-refractivity contribution in [1.82, 2.24) is 4.98 Å². The van der Waals surface area contributed by atoms with Gasteiger partial charge in [-0.25, -0.2) is 4.57 Å². The maximum atomic E-state index is 3.36. The van der Waals surface area contributed by atoms with Gasteiger partial charge in [0.2, 0.25) is 0 Å². The molecule has 0 fully saturated rings. The van der Waals surface area contributed by atoms with E-state index in [0.29, 0.717) is 0 Å². The Hall–Kier alpha value is -1.17. The van der Waals surface area contributed by atoms with E-state index in [0.717, 1.165) is 23.9 Å². The Bertz CT molecular complexity index is 789. The number of nitrogens with one attached hydrogen (secondary N) is 1. The molecule has 1 aromatic carbocycles. The molecule has 0 unspecified atom stereocenters. The van der Waals surface area contributed by atoms with Crippen LogP contribution in [-0.4, -0.2) is 37.2 Å². The largest absolute Gasteiger partial charge is 1.00 e. The van der Waals surface area contributed by atoms with Gasteiger partial charge >= 0.3 is 0 Å². The molecule has 142 valence electrons. The molecule has 0 bridgehead atoms. The molecule has 0 atom stereocenters. The first-order valence-electron chi connectivity index (χ1n) is 8.85. The monoisotopic (exact) mass is 481 g/mol. The quantitative estimate of drug-likeness (QED) is 0.280. The number of aryl methyl sites for hydroxylation is 3. The molecule has 0 aliphatic carbocycles. The summed E-state index contributed by atoms with van der Waals surface area (Å²) in [4.78, 5) is 3.36. The number of para-hydroxylation sites is 1. The average molecular weight is 483 g/mol. The van der Waals surface area contributed by atoms with Crippen molar-refractivity contribution in [2.75, 3.05) is 27.7 Å². The van der Waals surface area contributed by atoms with Crippen LogP contribution in [0.3, 0.4) is 0 Å². The molecular weight excluding hydrogens is 454 g/mol. The van der Waals surface area contributed by atoms with Gasteiger partial charge in [-0.05, 0) is 30.0 Å². The third kappa shape index (κ3) is 6.53. The average Bonchev–Trinajstić information content (AvgIpc) is 2.96. The van der Waals surface area contributed by atoms with Gasteiger partial charge < -0.3 is 43.4 Å². The minimum atomic E-state index is 0. The van der Waals surface area contributed by atoms with Gasteiger partial charge in [0.1, 0.15) is 0 Å². The van der Waals surface area contributed by atoms with E-state index in [4.69, 9.17) is 0 Å². The summed E-state index contributed by atoms with van der Waals surface area (Å²) < 4.78 is 3.33. The summed E-state index contributed by atoms with van der Waals surface area (Å²) in [6.07, 6.45) is 9.97. The van der Waals surface area contributed by atoms with Crippen molar-refractivity contribution in [3.05, 3.63) is 66.1 Å². The SMILES string of the molecule is C[N+](C)(C)CCC[n+]1ccc(CCc2c[nH]c3ccccc23)cc1.[Br-].[Br-]. The van der Waals surface area contributed by atoms with Crippen molar-refractivity contribution in [3.63, 3.8) is 0 Å². The normalized spacial score (nSPS) is 11.0. The third-order valence-corrected chi connectivity index (χ3v) is 4.56. The minimum Gasteiger partial charge on any atom is -1.00 e. The van der Waals surface area contributed by atoms with Crippen LogP contribution < -0.4 is 38.5 Å². The maximum Gasteiger partial charge on any atom is 0.169 e. The lowest BCUT2D eigenvalue weighted by molar-refractivity contribution is -0.873. The number of hydrogen-bond donors (Lipinski definition) is 1. The third-order valence-electron chi connectivity index (χ3n) is 4.56. The molecule has 0 amide bonds. The number of rotatable bonds is 7. The summed E-state index contributed by atoms with van der Waals surface area (Å²) in [5.74, 6) is 0. The maximum absolute atomic E-state index is 3.36. The number of fused-ring (bicyclic) bond motifs is 1. The summed E-state index contributed by atoms with van der Waals surface area (Å²) in [5.41, 5.74) is 4.05. The number of H-pyrrole nitrogens is 1. The van der Waals surface area contributed by atoms with E-state index in [2.05, 4.69) is 85.7 Å². The fourth-order valence-electron chi connectivity index (χ4n) is 3.15. The van der Waals surface area contributed by atoms with E-state index in [1.165, 1.54) is 35.0 Å². The van der Waals surface area contributed by atoms with Crippen molar-refractivity contribution in [2.45, 2.75) is 25.8 Å². The second-order valence-electron chi connectivity index (χ2n) is 7.67. The molecule has 0 radical (unpaired) electrons. The Balaban J connectivity index is 0.00000169. The van der Waals surface area contributed by atoms with Crippen molar-refractivity contribution >= 4 is 10.9 Å². The van der Waals surface area contributed by atoms with Gasteiger partial charge in [-0.2, -0.15) is 0 Å². The zero-order valence-electron chi connectivity index (χ0n) is 15.9. The molecule has 3 rings (SSSR count). The smallest absolute Gasteiger partial charge is 0.169 e. The fourth-order valence-corrected chi connectivity index (χ4v) is 3.15. The molecule has 0 aliphatic rings. The van der Waals surface area contributed by atoms with Crippen LogP contribution in [0.4, 0.5) is 0 Å². The van der Waals surface area contributed by atoms with Gasteiger partial charge in [0.05, 0.1) is 34.1 Å². The second kappa shape index (κ2) is 10.2. The molecule has 3 aromatic rings. The Morgan fingerprint density at radius 3 is 2.31 bits per heavy atom. The van der Waals surface area contributed by atoms with E-state index in [1.54, 1.807) is 0 Å². The molecule has 5 heteroatoms. The Morgan fingerprint density at radius 2 is 1.62 bits per heavy atom. The van der Waals surface area contributed by atoms with Gasteiger partial charge in [-0.1, -0.05) is 18.2 Å². The zero-order chi connectivity index (χ0) is 17.0. The first-order valence-corrected chi connectivity index (χ1v) is 8.85. The molecule has 0 saturated carbocycles. The molecule has 1 N–H and O–H groups in total. The second-order valence-corrected chi connectivity index (χ2v) is 7.67. The van der Waals surface area contributed by atoms with Crippen LogP contribution in [-0.2, 0) is 19.4 Å². The van der Waals surface area contributed by atoms with Gasteiger partial charge in [-0.15, -0.1) is 0 Å². The fraction of sp³-hybridized carbons (Fsp3) is 0.381. The lowest BCUT2D eigenvalue weighted by Crippen LogP contribution is -3.00. The summed E-state index contributed by atoms with van der Waals surface area (Å²) >= 11 is 0. The van der Waals surface area contributed by atoms with Crippen molar-refractivity contribution in [2.24, 2.45) is 0 Å². The number of hydrogen-bond acceptors (Lipinski definition) is 0. The van der Waals surface area contributed by atoms with Crippen LogP contribution in [0.15, 0.2) is 55.0 Å². The molecule has 0 aliphatic heterocycles. The van der Waals surface area contributed by atoms with Crippen LogP contribution in [0.25, 0.3) is 10.9 Å². The number of quaternary nitrogens is 1. The summed E-state index contributed by atoms with van der Waals surface area (Å²) in [6.45, 7) is 2.30. The molecule has 26 heavy (non-hydrogen) atoms. The first-order chi connectivity index (χ1) is 11.5. The van der Waals surface area contributed by atoms with Crippen LogP contribution in [0, 0.1) is 0 Å². The predicted molar refractivity (Wildman–Crippen MR) is 99.9 cm³/mol. The summed E-state index contributed by atoms with van der Waals surface area (Å²) in [5, 5.41) is 1.35. The van der Waals surface area contributed by atoms with Crippen molar-refractivity contribution < 1.29 is 43.0 Å². The van der Waals surface area contributed by atoms with Gasteiger partial charge in [0.15, 0.2) is 18.9 Å². The Morgan fingerprint density at radius 1 is 0.923 bits per heavy atom. The molecule has 2 heterocycles. The Kier molecular flexibility index (Phi) is 9.01. The van der Waals surface area contributed by atoms with E-state index < -0.39 is 0 Å². The van der Waals surface area contributed by atoms with E-state index >= 15 is 0 Å². The van der Waals surface area contributed by atoms with E-state index in [1.807, 2.05) is 0 Å². The molecule has 2 aromatic heterocycles. The van der Waals surface area contributed by atoms with Gasteiger partial charge in [0, 0.05) is 29.2 Å². The van der Waals surface area contributed by atoms with Crippen molar-refractivity contribution in [1.29, 1.82) is 0 Å². The highest BCUT2D eigenvalue weighted by Crippen LogP contribution is 2.19. The highest BCUT2D eigenvalue weighted by Gasteiger charge is 2.09. The van der Waals surface area contributed by atoms with Gasteiger partial charge in [-0.3, -0.25) is 0 Å². The number of pyridine rings is 1. The Labute approximate surface area is 178 Å². The van der Waals surface area contributed by atoms with Gasteiger partial charge in [0.25, 0.3) is 0 Å². The zero-order valence-corrected chi connectivity index (χ0v) is 19.1. The van der Waals surface area contributed by atoms with E-state index in [-0.39, 0.29) is 34.0 Å². The van der Waals surface area contributed by atoms with Crippen LogP contribution in [0.5, 0.6) is 0 Å². The molecule has 0 spiro atoms. The minimum absolute atomic E-state index is 0.